The van der Waals surface area contributed by atoms with Gasteiger partial charge in [-0.15, -0.1) is 0 Å². The van der Waals surface area contributed by atoms with Crippen molar-refractivity contribution in [3.05, 3.63) is 0 Å². The van der Waals surface area contributed by atoms with Gasteiger partial charge in [-0.05, 0) is 18.4 Å². The molecule has 4 heteroatoms. The highest BCUT2D eigenvalue weighted by Gasteiger charge is 1.98. The molecule has 0 rings (SSSR count). The first kappa shape index (κ1) is 8.62. The molecule has 0 radical (unpaired) electrons. The van der Waals surface area contributed by atoms with E-state index in [-0.39, 0.29) is 0 Å². The fourth-order valence-electron chi connectivity index (χ4n) is 0.242. The van der Waals surface area contributed by atoms with Crippen molar-refractivity contribution in [2.24, 2.45) is 5.73 Å². The monoisotopic (exact) mass is 148 g/mol. The largest absolute Gasteiger partial charge is 0.351 e. The molecule has 3 nitrogen and oxygen atoms in total. The molecule has 0 heterocycles. The van der Waals surface area contributed by atoms with Crippen molar-refractivity contribution in [3.63, 3.8) is 0 Å². The molecule has 0 aromatic rings. The lowest BCUT2D eigenvalue weighted by Crippen LogP contribution is -2.24. The van der Waals surface area contributed by atoms with E-state index in [1.165, 1.54) is 11.9 Å². The predicted octanol–water partition coefficient (Wildman–Crippen LogP) is 1.10. The predicted molar refractivity (Wildman–Crippen MR) is 40.1 cm³/mol. The highest BCUT2D eigenvalue weighted by atomic mass is 32.2. The molecule has 2 amide bonds. The topological polar surface area (TPSA) is 55.1 Å². The van der Waals surface area contributed by atoms with Crippen molar-refractivity contribution in [3.8, 4) is 0 Å². The van der Waals surface area contributed by atoms with Gasteiger partial charge >= 0.3 is 6.03 Å². The van der Waals surface area contributed by atoms with Crippen LogP contribution in [0.3, 0.4) is 0 Å². The molecule has 0 fully saturated rings. The van der Waals surface area contributed by atoms with Crippen LogP contribution in [-0.4, -0.2) is 11.3 Å². The number of urea groups is 1. The summed E-state index contributed by atoms with van der Waals surface area (Å²) in [5, 5.41) is 0.442. The van der Waals surface area contributed by atoms with Crippen LogP contribution in [-0.2, 0) is 0 Å². The number of nitrogens with two attached hydrogens (primary N) is 1. The summed E-state index contributed by atoms with van der Waals surface area (Å²) in [5.74, 6) is 0. The molecule has 9 heavy (non-hydrogen) atoms. The minimum absolute atomic E-state index is 0.442. The van der Waals surface area contributed by atoms with Crippen LogP contribution < -0.4 is 10.5 Å². The Hall–Kier alpha value is -0.380. The lowest BCUT2D eigenvalue weighted by Gasteiger charge is -2.05. The summed E-state index contributed by atoms with van der Waals surface area (Å²) in [5.41, 5.74) is 4.82. The Morgan fingerprint density at radius 3 is 2.78 bits per heavy atom. The Morgan fingerprint density at radius 1 is 1.89 bits per heavy atom. The summed E-state index contributed by atoms with van der Waals surface area (Å²) in [4.78, 5) is 10.1. The SMILES string of the molecule is CCC(C)SNC(N)=O. The number of carbonyl (C=O) groups is 1. The van der Waals surface area contributed by atoms with E-state index >= 15 is 0 Å². The maximum Gasteiger partial charge on any atom is 0.322 e. The van der Waals surface area contributed by atoms with Crippen LogP contribution in [0.1, 0.15) is 20.3 Å². The van der Waals surface area contributed by atoms with Crippen LogP contribution in [0.5, 0.6) is 0 Å². The molecule has 0 aliphatic rings. The lowest BCUT2D eigenvalue weighted by molar-refractivity contribution is 0.254. The fraction of sp³-hybridized carbons (Fsp3) is 0.800. The number of nitrogens with one attached hydrogen (secondary N) is 1. The molecular formula is C5H12N2OS. The van der Waals surface area contributed by atoms with Gasteiger partial charge < -0.3 is 5.73 Å². The second kappa shape index (κ2) is 4.49. The Bertz CT molecular complexity index is 97.0. The molecule has 3 N–H and O–H groups in total. The van der Waals surface area contributed by atoms with Crippen LogP contribution >= 0.6 is 11.9 Å². The van der Waals surface area contributed by atoms with Gasteiger partial charge in [0.25, 0.3) is 0 Å². The van der Waals surface area contributed by atoms with Crippen LogP contribution in [0.25, 0.3) is 0 Å². The van der Waals surface area contributed by atoms with Crippen molar-refractivity contribution in [2.75, 3.05) is 0 Å². The highest BCUT2D eigenvalue weighted by molar-refractivity contribution is 7.98. The fourth-order valence-corrected chi connectivity index (χ4v) is 0.726. The standard InChI is InChI=1S/C5H12N2OS/c1-3-4(2)9-7-5(6)8/h4H,3H2,1-2H3,(H3,6,7,8). The maximum absolute atomic E-state index is 10.1. The number of primary amides is 1. The van der Waals surface area contributed by atoms with Crippen molar-refractivity contribution >= 4 is 18.0 Å². The first-order valence-corrected chi connectivity index (χ1v) is 3.75. The molecule has 0 aromatic heterocycles. The van der Waals surface area contributed by atoms with Gasteiger partial charge in [0.1, 0.15) is 0 Å². The van der Waals surface area contributed by atoms with Gasteiger partial charge in [-0.1, -0.05) is 13.8 Å². The van der Waals surface area contributed by atoms with Crippen molar-refractivity contribution < 1.29 is 4.79 Å². The van der Waals surface area contributed by atoms with Gasteiger partial charge in [0, 0.05) is 5.25 Å². The average Bonchev–Trinajstić information content (AvgIpc) is 1.83. The normalized spacial score (nSPS) is 12.7. The van der Waals surface area contributed by atoms with Gasteiger partial charge in [0.15, 0.2) is 0 Å². The summed E-state index contributed by atoms with van der Waals surface area (Å²) in [6, 6.07) is -0.472. The number of hydrogen-bond donors (Lipinski definition) is 2. The van der Waals surface area contributed by atoms with E-state index in [1.807, 2.05) is 6.92 Å². The van der Waals surface area contributed by atoms with E-state index in [4.69, 9.17) is 5.73 Å². The minimum atomic E-state index is -0.472. The van der Waals surface area contributed by atoms with E-state index in [9.17, 15) is 4.79 Å². The summed E-state index contributed by atoms with van der Waals surface area (Å²) in [7, 11) is 0. The smallest absolute Gasteiger partial charge is 0.322 e. The van der Waals surface area contributed by atoms with Gasteiger partial charge in [-0.25, -0.2) is 4.79 Å². The molecule has 0 bridgehead atoms. The van der Waals surface area contributed by atoms with E-state index in [0.29, 0.717) is 5.25 Å². The zero-order chi connectivity index (χ0) is 7.28. The summed E-state index contributed by atoms with van der Waals surface area (Å²) >= 11 is 1.36. The number of rotatable bonds is 3. The second-order valence-electron chi connectivity index (χ2n) is 1.80. The Labute approximate surface area is 59.5 Å². The molecule has 0 saturated carbocycles. The van der Waals surface area contributed by atoms with Gasteiger partial charge in [-0.2, -0.15) is 0 Å². The third-order valence-corrected chi connectivity index (χ3v) is 1.99. The van der Waals surface area contributed by atoms with E-state index in [2.05, 4.69) is 11.6 Å². The Morgan fingerprint density at radius 2 is 2.44 bits per heavy atom. The summed E-state index contributed by atoms with van der Waals surface area (Å²) < 4.78 is 2.45. The highest BCUT2D eigenvalue weighted by Crippen LogP contribution is 2.07. The third kappa shape index (κ3) is 5.49. The van der Waals surface area contributed by atoms with Gasteiger partial charge in [0.2, 0.25) is 0 Å². The van der Waals surface area contributed by atoms with Crippen LogP contribution in [0.15, 0.2) is 0 Å². The molecule has 1 atom stereocenters. The van der Waals surface area contributed by atoms with E-state index in [1.54, 1.807) is 0 Å². The molecule has 0 spiro atoms. The molecule has 0 saturated heterocycles. The molecule has 0 aromatic carbocycles. The zero-order valence-corrected chi connectivity index (χ0v) is 6.49. The third-order valence-electron chi connectivity index (χ3n) is 0.936. The molecule has 0 aliphatic heterocycles. The quantitative estimate of drug-likeness (QED) is 0.589. The van der Waals surface area contributed by atoms with Crippen molar-refractivity contribution in [2.45, 2.75) is 25.5 Å². The Balaban J connectivity index is 3.16. The summed E-state index contributed by atoms with van der Waals surface area (Å²) in [6.07, 6.45) is 1.03. The molecule has 1 unspecified atom stereocenters. The lowest BCUT2D eigenvalue weighted by atomic mass is 10.4. The first-order valence-electron chi connectivity index (χ1n) is 2.88. The van der Waals surface area contributed by atoms with E-state index < -0.39 is 6.03 Å². The van der Waals surface area contributed by atoms with Crippen molar-refractivity contribution in [1.29, 1.82) is 0 Å². The van der Waals surface area contributed by atoms with Crippen LogP contribution in [0.4, 0.5) is 4.79 Å². The molecular weight excluding hydrogens is 136 g/mol. The number of hydrogen-bond acceptors (Lipinski definition) is 2. The number of carbonyl (C=O) groups excluding carboxylic acids is 1. The number of amides is 2. The Kier molecular flexibility index (Phi) is 4.30. The minimum Gasteiger partial charge on any atom is -0.351 e. The van der Waals surface area contributed by atoms with Crippen LogP contribution in [0.2, 0.25) is 0 Å². The van der Waals surface area contributed by atoms with Crippen LogP contribution in [0, 0.1) is 0 Å². The average molecular weight is 148 g/mol. The first-order chi connectivity index (χ1) is 4.16. The summed E-state index contributed by atoms with van der Waals surface area (Å²) in [6.45, 7) is 4.08. The van der Waals surface area contributed by atoms with E-state index in [0.717, 1.165) is 6.42 Å². The second-order valence-corrected chi connectivity index (χ2v) is 3.05. The molecule has 0 aliphatic carbocycles. The maximum atomic E-state index is 10.1. The van der Waals surface area contributed by atoms with Crippen molar-refractivity contribution in [1.82, 2.24) is 4.72 Å². The van der Waals surface area contributed by atoms with Gasteiger partial charge in [0.05, 0.1) is 0 Å². The zero-order valence-electron chi connectivity index (χ0n) is 5.68. The molecule has 54 valence electrons. The van der Waals surface area contributed by atoms with Gasteiger partial charge in [-0.3, -0.25) is 4.72 Å².